The summed E-state index contributed by atoms with van der Waals surface area (Å²) in [6.45, 7) is 2.78. The summed E-state index contributed by atoms with van der Waals surface area (Å²) in [6, 6.07) is 8.93. The molecule has 2 fully saturated rings. The van der Waals surface area contributed by atoms with E-state index >= 15 is 0 Å². The van der Waals surface area contributed by atoms with Crippen molar-refractivity contribution in [1.29, 1.82) is 0 Å². The van der Waals surface area contributed by atoms with Gasteiger partial charge in [0.2, 0.25) is 0 Å². The molecular weight excluding hydrogens is 316 g/mol. The second kappa shape index (κ2) is 7.89. The normalized spacial score (nSPS) is 23.1. The number of carbonyl (C=O) groups is 2. The zero-order valence-corrected chi connectivity index (χ0v) is 14.9. The van der Waals surface area contributed by atoms with Gasteiger partial charge in [-0.3, -0.25) is 4.79 Å². The van der Waals surface area contributed by atoms with Crippen LogP contribution >= 0.6 is 0 Å². The predicted molar refractivity (Wildman–Crippen MR) is 96.3 cm³/mol. The van der Waals surface area contributed by atoms with Crippen LogP contribution in [0.3, 0.4) is 0 Å². The average molecular weight is 344 g/mol. The number of hydrogen-bond donors (Lipinski definition) is 2. The Morgan fingerprint density at radius 2 is 1.64 bits per heavy atom. The average Bonchev–Trinajstić information content (AvgIpc) is 3.45. The van der Waals surface area contributed by atoms with E-state index in [-0.39, 0.29) is 18.0 Å². The molecule has 5 nitrogen and oxygen atoms in total. The van der Waals surface area contributed by atoms with Gasteiger partial charge in [0.05, 0.1) is 5.92 Å². The van der Waals surface area contributed by atoms with Gasteiger partial charge in [-0.15, -0.1) is 0 Å². The Morgan fingerprint density at radius 1 is 1.04 bits per heavy atom. The first-order valence-corrected chi connectivity index (χ1v) is 9.44. The SMILES string of the molecule is CCc1ccc(CN(C(=O)NC2CCC(C(=O)O)CC2)C2CC2)cc1. The Bertz CT molecular complexity index is 602. The zero-order valence-electron chi connectivity index (χ0n) is 14.9. The molecule has 2 aliphatic rings. The van der Waals surface area contributed by atoms with Crippen molar-refractivity contribution < 1.29 is 14.7 Å². The first kappa shape index (κ1) is 17.8. The van der Waals surface area contributed by atoms with E-state index in [1.807, 2.05) is 4.90 Å². The largest absolute Gasteiger partial charge is 0.481 e. The minimum atomic E-state index is -0.708. The molecule has 2 N–H and O–H groups in total. The smallest absolute Gasteiger partial charge is 0.318 e. The number of amides is 2. The van der Waals surface area contributed by atoms with E-state index in [0.29, 0.717) is 25.4 Å². The minimum absolute atomic E-state index is 0.000781. The fraction of sp³-hybridized carbons (Fsp3) is 0.600. The molecule has 0 bridgehead atoms. The number of carboxylic acids is 1. The number of hydrogen-bond acceptors (Lipinski definition) is 2. The van der Waals surface area contributed by atoms with E-state index < -0.39 is 5.97 Å². The lowest BCUT2D eigenvalue weighted by molar-refractivity contribution is -0.142. The van der Waals surface area contributed by atoms with E-state index in [1.165, 1.54) is 5.56 Å². The van der Waals surface area contributed by atoms with Gasteiger partial charge in [-0.25, -0.2) is 4.79 Å². The monoisotopic (exact) mass is 344 g/mol. The summed E-state index contributed by atoms with van der Waals surface area (Å²) in [7, 11) is 0. The molecule has 0 aromatic heterocycles. The van der Waals surface area contributed by atoms with Gasteiger partial charge in [0.25, 0.3) is 0 Å². The van der Waals surface area contributed by atoms with Crippen LogP contribution in [-0.4, -0.2) is 34.1 Å². The summed E-state index contributed by atoms with van der Waals surface area (Å²) >= 11 is 0. The van der Waals surface area contributed by atoms with Crippen molar-refractivity contribution in [3.05, 3.63) is 35.4 Å². The molecule has 0 unspecified atom stereocenters. The quantitative estimate of drug-likeness (QED) is 0.829. The molecule has 5 heteroatoms. The molecule has 1 aromatic rings. The molecule has 0 atom stereocenters. The Morgan fingerprint density at radius 3 is 2.16 bits per heavy atom. The van der Waals surface area contributed by atoms with Crippen LogP contribution in [0.4, 0.5) is 4.79 Å². The third-order valence-electron chi connectivity index (χ3n) is 5.44. The summed E-state index contributed by atoms with van der Waals surface area (Å²) in [5.74, 6) is -0.954. The third kappa shape index (κ3) is 4.74. The molecule has 2 aliphatic carbocycles. The lowest BCUT2D eigenvalue weighted by Crippen LogP contribution is -2.47. The number of carboxylic acid groups (broad SMARTS) is 1. The maximum Gasteiger partial charge on any atom is 0.318 e. The summed E-state index contributed by atoms with van der Waals surface area (Å²) in [5, 5.41) is 12.2. The highest BCUT2D eigenvalue weighted by Crippen LogP contribution is 2.29. The van der Waals surface area contributed by atoms with E-state index in [4.69, 9.17) is 5.11 Å². The molecule has 2 saturated carbocycles. The summed E-state index contributed by atoms with van der Waals surface area (Å²) in [5.41, 5.74) is 2.47. The predicted octanol–water partition coefficient (Wildman–Crippen LogP) is 3.57. The third-order valence-corrected chi connectivity index (χ3v) is 5.44. The standard InChI is InChI=1S/C20H28N2O3/c1-2-14-3-5-15(6-4-14)13-22(18-11-12-18)20(25)21-17-9-7-16(8-10-17)19(23)24/h3-6,16-18H,2,7-13H2,1H3,(H,21,25)(H,23,24). The van der Waals surface area contributed by atoms with Gasteiger partial charge in [-0.05, 0) is 56.1 Å². The van der Waals surface area contributed by atoms with Crippen molar-refractivity contribution in [3.63, 3.8) is 0 Å². The molecule has 3 rings (SSSR count). The van der Waals surface area contributed by atoms with Crippen LogP contribution in [0.2, 0.25) is 0 Å². The van der Waals surface area contributed by atoms with Crippen LogP contribution in [-0.2, 0) is 17.8 Å². The summed E-state index contributed by atoms with van der Waals surface area (Å²) in [4.78, 5) is 25.7. The Labute approximate surface area is 149 Å². The number of carbonyl (C=O) groups excluding carboxylic acids is 1. The lowest BCUT2D eigenvalue weighted by atomic mass is 9.86. The van der Waals surface area contributed by atoms with Crippen molar-refractivity contribution in [2.24, 2.45) is 5.92 Å². The number of aliphatic carboxylic acids is 1. The van der Waals surface area contributed by atoms with Crippen molar-refractivity contribution in [2.75, 3.05) is 0 Å². The molecular formula is C20H28N2O3. The zero-order chi connectivity index (χ0) is 17.8. The van der Waals surface area contributed by atoms with Crippen molar-refractivity contribution >= 4 is 12.0 Å². The van der Waals surface area contributed by atoms with Gasteiger partial charge < -0.3 is 15.3 Å². The second-order valence-corrected chi connectivity index (χ2v) is 7.37. The molecule has 136 valence electrons. The lowest BCUT2D eigenvalue weighted by Gasteiger charge is -2.30. The van der Waals surface area contributed by atoms with Gasteiger partial charge in [-0.1, -0.05) is 31.2 Å². The van der Waals surface area contributed by atoms with Crippen molar-refractivity contribution in [1.82, 2.24) is 10.2 Å². The highest BCUT2D eigenvalue weighted by atomic mass is 16.4. The number of aryl methyl sites for hydroxylation is 1. The Kier molecular flexibility index (Phi) is 5.61. The molecule has 0 aliphatic heterocycles. The number of nitrogens with zero attached hydrogens (tertiary/aromatic N) is 1. The molecule has 25 heavy (non-hydrogen) atoms. The van der Waals surface area contributed by atoms with Gasteiger partial charge in [-0.2, -0.15) is 0 Å². The van der Waals surface area contributed by atoms with E-state index in [0.717, 1.165) is 37.7 Å². The van der Waals surface area contributed by atoms with E-state index in [1.54, 1.807) is 0 Å². The first-order chi connectivity index (χ1) is 12.1. The number of benzene rings is 1. The van der Waals surface area contributed by atoms with Gasteiger partial charge in [0, 0.05) is 18.6 Å². The Balaban J connectivity index is 1.55. The summed E-state index contributed by atoms with van der Waals surface area (Å²) < 4.78 is 0. The van der Waals surface area contributed by atoms with Crippen LogP contribution in [0.5, 0.6) is 0 Å². The van der Waals surface area contributed by atoms with Crippen LogP contribution in [0.1, 0.15) is 56.6 Å². The molecule has 0 heterocycles. The molecule has 1 aromatic carbocycles. The number of urea groups is 1. The fourth-order valence-corrected chi connectivity index (χ4v) is 3.57. The first-order valence-electron chi connectivity index (χ1n) is 9.44. The van der Waals surface area contributed by atoms with Crippen molar-refractivity contribution in [2.45, 2.75) is 70.5 Å². The van der Waals surface area contributed by atoms with Gasteiger partial charge in [0.1, 0.15) is 0 Å². The second-order valence-electron chi connectivity index (χ2n) is 7.37. The van der Waals surface area contributed by atoms with Crippen LogP contribution < -0.4 is 5.32 Å². The summed E-state index contributed by atoms with van der Waals surface area (Å²) in [6.07, 6.45) is 5.99. The fourth-order valence-electron chi connectivity index (χ4n) is 3.57. The van der Waals surface area contributed by atoms with Gasteiger partial charge >= 0.3 is 12.0 Å². The van der Waals surface area contributed by atoms with Crippen LogP contribution in [0.15, 0.2) is 24.3 Å². The molecule has 0 saturated heterocycles. The van der Waals surface area contributed by atoms with Crippen molar-refractivity contribution in [3.8, 4) is 0 Å². The number of nitrogens with one attached hydrogen (secondary N) is 1. The number of rotatable bonds is 6. The maximum absolute atomic E-state index is 12.7. The van der Waals surface area contributed by atoms with E-state index in [2.05, 4.69) is 36.5 Å². The topological polar surface area (TPSA) is 69.6 Å². The van der Waals surface area contributed by atoms with Crippen LogP contribution in [0.25, 0.3) is 0 Å². The van der Waals surface area contributed by atoms with Crippen LogP contribution in [0, 0.1) is 5.92 Å². The maximum atomic E-state index is 12.7. The molecule has 0 radical (unpaired) electrons. The van der Waals surface area contributed by atoms with E-state index in [9.17, 15) is 9.59 Å². The Hall–Kier alpha value is -2.04. The molecule has 0 spiro atoms. The molecule has 2 amide bonds. The highest BCUT2D eigenvalue weighted by Gasteiger charge is 2.34. The van der Waals surface area contributed by atoms with Gasteiger partial charge in [0.15, 0.2) is 0 Å². The minimum Gasteiger partial charge on any atom is -0.481 e. The highest BCUT2D eigenvalue weighted by molar-refractivity contribution is 5.75.